The van der Waals surface area contributed by atoms with Gasteiger partial charge in [0.15, 0.2) is 5.78 Å². The summed E-state index contributed by atoms with van der Waals surface area (Å²) < 4.78 is 0. The molecule has 0 aliphatic carbocycles. The molecule has 2 unspecified atom stereocenters. The molecule has 0 saturated carbocycles. The second kappa shape index (κ2) is 21.4. The van der Waals surface area contributed by atoms with Crippen LogP contribution in [-0.2, 0) is 9.59 Å². The number of nitrogens with one attached hydrogen (secondary N) is 1. The third kappa shape index (κ3) is 17.5. The number of carbonyl (C=O) groups excluding carboxylic acids is 2. The van der Waals surface area contributed by atoms with Gasteiger partial charge in [0.05, 0.1) is 6.10 Å². The van der Waals surface area contributed by atoms with Crippen molar-refractivity contribution in [1.82, 2.24) is 5.32 Å². The molecule has 0 bridgehead atoms. The fourth-order valence-corrected chi connectivity index (χ4v) is 0.837. The van der Waals surface area contributed by atoms with Gasteiger partial charge < -0.3 is 10.4 Å². The van der Waals surface area contributed by atoms with Crippen LogP contribution in [0.2, 0.25) is 0 Å². The zero-order chi connectivity index (χ0) is 15.7. The van der Waals surface area contributed by atoms with E-state index in [1.807, 2.05) is 41.5 Å². The van der Waals surface area contributed by atoms with E-state index in [-0.39, 0.29) is 11.7 Å². The zero-order valence-corrected chi connectivity index (χ0v) is 13.6. The summed E-state index contributed by atoms with van der Waals surface area (Å²) in [4.78, 5) is 21.7. The molecule has 0 spiro atoms. The third-order valence-electron chi connectivity index (χ3n) is 1.56. The molecule has 0 aromatic rings. The van der Waals surface area contributed by atoms with Crippen LogP contribution in [-0.4, -0.2) is 28.9 Å². The second-order valence-electron chi connectivity index (χ2n) is 2.75. The number of ketones is 1. The van der Waals surface area contributed by atoms with E-state index >= 15 is 0 Å². The number of rotatable bonds is 4. The highest BCUT2D eigenvalue weighted by atomic mass is 16.3. The molecule has 4 heteroatoms. The van der Waals surface area contributed by atoms with Gasteiger partial charge in [-0.1, -0.05) is 48.5 Å². The molecule has 18 heavy (non-hydrogen) atoms. The molecule has 0 radical (unpaired) electrons. The predicted octanol–water partition coefficient (Wildman–Crippen LogP) is 2.93. The Hall–Kier alpha value is -0.900. The Morgan fingerprint density at radius 3 is 1.56 bits per heavy atom. The summed E-state index contributed by atoms with van der Waals surface area (Å²) in [6.07, 6.45) is -0.519. The normalized spacial score (nSPS) is 11.0. The topological polar surface area (TPSA) is 66.4 Å². The van der Waals surface area contributed by atoms with Gasteiger partial charge in [-0.05, 0) is 13.8 Å². The zero-order valence-electron chi connectivity index (χ0n) is 13.6. The molecule has 0 heterocycles. The van der Waals surface area contributed by atoms with Crippen molar-refractivity contribution in [2.45, 2.75) is 80.9 Å². The van der Waals surface area contributed by atoms with Gasteiger partial charge in [0.2, 0.25) is 5.91 Å². The summed E-state index contributed by atoms with van der Waals surface area (Å²) in [6.45, 7) is 16.5. The van der Waals surface area contributed by atoms with Crippen molar-refractivity contribution in [3.8, 4) is 0 Å². The first-order valence-electron chi connectivity index (χ1n) is 6.97. The Bertz CT molecular complexity index is 180. The highest BCUT2D eigenvalue weighted by molar-refractivity contribution is 5.87. The minimum atomic E-state index is -0.835. The third-order valence-corrected chi connectivity index (χ3v) is 1.56. The van der Waals surface area contributed by atoms with Gasteiger partial charge in [-0.25, -0.2) is 0 Å². The van der Waals surface area contributed by atoms with E-state index in [0.29, 0.717) is 6.42 Å². The highest BCUT2D eigenvalue weighted by Crippen LogP contribution is 1.94. The molecule has 112 valence electrons. The average Bonchev–Trinajstić information content (AvgIpc) is 2.41. The Kier molecular flexibility index (Phi) is 30.7. The fraction of sp³-hybridized carbons (Fsp3) is 0.857. The SMILES string of the molecule is CC.CC.CC.CCC(=O)NC(C(C)=O)C(C)O. The number of carbonyl (C=O) groups is 2. The highest BCUT2D eigenvalue weighted by Gasteiger charge is 2.20. The van der Waals surface area contributed by atoms with Gasteiger partial charge in [-0.2, -0.15) is 0 Å². The molecule has 0 aromatic carbocycles. The summed E-state index contributed by atoms with van der Waals surface area (Å²) in [5, 5.41) is 11.5. The lowest BCUT2D eigenvalue weighted by molar-refractivity contribution is -0.128. The number of Topliss-reactive ketones (excluding diaryl/α,β-unsaturated/α-hetero) is 1. The van der Waals surface area contributed by atoms with E-state index in [9.17, 15) is 9.59 Å². The molecular weight excluding hydrogens is 230 g/mol. The molecule has 1 amide bonds. The van der Waals surface area contributed by atoms with Crippen molar-refractivity contribution in [3.63, 3.8) is 0 Å². The monoisotopic (exact) mass is 263 g/mol. The van der Waals surface area contributed by atoms with Crippen molar-refractivity contribution in [2.75, 3.05) is 0 Å². The number of aliphatic hydroxyl groups excluding tert-OH is 1. The molecule has 0 fully saturated rings. The van der Waals surface area contributed by atoms with Crippen LogP contribution in [0.5, 0.6) is 0 Å². The molecule has 2 N–H and O–H groups in total. The summed E-state index contributed by atoms with van der Waals surface area (Å²) >= 11 is 0. The van der Waals surface area contributed by atoms with Gasteiger partial charge in [-0.3, -0.25) is 9.59 Å². The number of hydrogen-bond acceptors (Lipinski definition) is 3. The first-order chi connectivity index (χ1) is 8.49. The van der Waals surface area contributed by atoms with Crippen LogP contribution in [0.1, 0.15) is 68.7 Å². The molecule has 0 aliphatic heterocycles. The van der Waals surface area contributed by atoms with Crippen molar-refractivity contribution in [1.29, 1.82) is 0 Å². The molecule has 0 saturated heterocycles. The minimum Gasteiger partial charge on any atom is -0.391 e. The second-order valence-corrected chi connectivity index (χ2v) is 2.75. The van der Waals surface area contributed by atoms with Crippen LogP contribution in [0.25, 0.3) is 0 Å². The number of aliphatic hydroxyl groups is 1. The van der Waals surface area contributed by atoms with Gasteiger partial charge in [-0.15, -0.1) is 0 Å². The maximum atomic E-state index is 10.9. The van der Waals surface area contributed by atoms with Crippen LogP contribution in [0.4, 0.5) is 0 Å². The lowest BCUT2D eigenvalue weighted by atomic mass is 10.1. The van der Waals surface area contributed by atoms with Crippen molar-refractivity contribution >= 4 is 11.7 Å². The minimum absolute atomic E-state index is 0.226. The standard InChI is InChI=1S/C8H15NO3.3C2H6/c1-4-7(12)9-8(5(2)10)6(3)11;3*1-2/h5,8,10H,4H2,1-3H3,(H,9,12);3*1-2H3. The van der Waals surface area contributed by atoms with Crippen LogP contribution in [0, 0.1) is 0 Å². The Labute approximate surface area is 113 Å². The molecular formula is C14H33NO3. The van der Waals surface area contributed by atoms with Crippen LogP contribution in [0.15, 0.2) is 0 Å². The molecule has 0 rings (SSSR count). The van der Waals surface area contributed by atoms with E-state index < -0.39 is 12.1 Å². The van der Waals surface area contributed by atoms with Gasteiger partial charge in [0, 0.05) is 6.42 Å². The van der Waals surface area contributed by atoms with Gasteiger partial charge >= 0.3 is 0 Å². The Balaban J connectivity index is -0.000000141. The van der Waals surface area contributed by atoms with E-state index in [1.54, 1.807) is 6.92 Å². The predicted molar refractivity (Wildman–Crippen MR) is 78.6 cm³/mol. The van der Waals surface area contributed by atoms with E-state index in [1.165, 1.54) is 13.8 Å². The van der Waals surface area contributed by atoms with E-state index in [2.05, 4.69) is 5.32 Å². The first-order valence-corrected chi connectivity index (χ1v) is 6.97. The summed E-state index contributed by atoms with van der Waals surface area (Å²) in [5.74, 6) is -0.456. The molecule has 0 aromatic heterocycles. The van der Waals surface area contributed by atoms with Crippen molar-refractivity contribution in [3.05, 3.63) is 0 Å². The molecule has 0 aliphatic rings. The van der Waals surface area contributed by atoms with E-state index in [4.69, 9.17) is 5.11 Å². The Morgan fingerprint density at radius 2 is 1.39 bits per heavy atom. The maximum Gasteiger partial charge on any atom is 0.220 e. The quantitative estimate of drug-likeness (QED) is 0.819. The number of amides is 1. The first kappa shape index (κ1) is 25.8. The van der Waals surface area contributed by atoms with E-state index in [0.717, 1.165) is 0 Å². The van der Waals surface area contributed by atoms with Crippen LogP contribution < -0.4 is 5.32 Å². The lowest BCUT2D eigenvalue weighted by Crippen LogP contribution is -2.46. The van der Waals surface area contributed by atoms with Gasteiger partial charge in [0.1, 0.15) is 6.04 Å². The largest absolute Gasteiger partial charge is 0.391 e. The van der Waals surface area contributed by atoms with Crippen molar-refractivity contribution in [2.24, 2.45) is 0 Å². The summed E-state index contributed by atoms with van der Waals surface area (Å²) in [7, 11) is 0. The van der Waals surface area contributed by atoms with Crippen LogP contribution in [0.3, 0.4) is 0 Å². The fourth-order valence-electron chi connectivity index (χ4n) is 0.837. The van der Waals surface area contributed by atoms with Crippen molar-refractivity contribution < 1.29 is 14.7 Å². The molecule has 4 nitrogen and oxygen atoms in total. The maximum absolute atomic E-state index is 10.9. The average molecular weight is 263 g/mol. The molecule has 2 atom stereocenters. The lowest BCUT2D eigenvalue weighted by Gasteiger charge is -2.17. The Morgan fingerprint density at radius 1 is 1.06 bits per heavy atom. The summed E-state index contributed by atoms with van der Waals surface area (Å²) in [6, 6.07) is -0.766. The van der Waals surface area contributed by atoms with Gasteiger partial charge in [0.25, 0.3) is 0 Å². The smallest absolute Gasteiger partial charge is 0.220 e. The number of hydrogen-bond donors (Lipinski definition) is 2. The van der Waals surface area contributed by atoms with Crippen LogP contribution >= 0.6 is 0 Å². The summed E-state index contributed by atoms with van der Waals surface area (Å²) in [5.41, 5.74) is 0.